The Morgan fingerprint density at radius 2 is 2.21 bits per heavy atom. The molecule has 7 heteroatoms. The summed E-state index contributed by atoms with van der Waals surface area (Å²) in [5.41, 5.74) is -0.814. The molecular weight excluding hydrogens is 297 g/mol. The fourth-order valence-corrected chi connectivity index (χ4v) is 2.67. The highest BCUT2D eigenvalue weighted by Gasteiger charge is 2.31. The van der Waals surface area contributed by atoms with Crippen LogP contribution < -0.4 is 5.32 Å². The van der Waals surface area contributed by atoms with E-state index in [1.54, 1.807) is 0 Å². The Balaban J connectivity index is 1.95. The van der Waals surface area contributed by atoms with Gasteiger partial charge in [0.05, 0.1) is 10.6 Å². The summed E-state index contributed by atoms with van der Waals surface area (Å²) in [6.07, 6.45) is -1.17. The minimum Gasteiger partial charge on any atom is -0.313 e. The molecule has 1 aliphatic rings. The van der Waals surface area contributed by atoms with Crippen molar-refractivity contribution in [2.24, 2.45) is 0 Å². The lowest BCUT2D eigenvalue weighted by Gasteiger charge is -2.13. The number of rotatable bonds is 5. The highest BCUT2D eigenvalue weighted by atomic mass is 35.5. The predicted molar refractivity (Wildman–Crippen MR) is 70.6 cm³/mol. The summed E-state index contributed by atoms with van der Waals surface area (Å²) in [6, 6.07) is 1.54. The van der Waals surface area contributed by atoms with E-state index in [9.17, 15) is 13.2 Å². The average Bonchev–Trinajstić information content (AvgIpc) is 3.11. The van der Waals surface area contributed by atoms with E-state index in [0.717, 1.165) is 18.8 Å². The Morgan fingerprint density at radius 1 is 1.53 bits per heavy atom. The molecule has 19 heavy (non-hydrogen) atoms. The molecule has 1 N–H and O–H groups in total. The SMILES string of the molecule is CC(CNC1CC1)Sc1ncc(C(F)(F)F)cc1Cl. The average molecular weight is 311 g/mol. The standard InChI is InChI=1S/C12H14ClF3N2S/c1-7(5-17-9-2-3-9)19-11-10(13)4-8(6-18-11)12(14,15)16/h4,6-7,9,17H,2-3,5H2,1H3. The minimum absolute atomic E-state index is 0.0538. The van der Waals surface area contributed by atoms with Crippen molar-refractivity contribution in [1.82, 2.24) is 10.3 Å². The van der Waals surface area contributed by atoms with Gasteiger partial charge >= 0.3 is 6.18 Å². The number of thioether (sulfide) groups is 1. The van der Waals surface area contributed by atoms with Gasteiger partial charge in [-0.2, -0.15) is 13.2 Å². The topological polar surface area (TPSA) is 24.9 Å². The summed E-state index contributed by atoms with van der Waals surface area (Å²) in [6.45, 7) is 2.80. The molecular formula is C12H14ClF3N2S. The van der Waals surface area contributed by atoms with E-state index in [1.165, 1.54) is 24.6 Å². The molecule has 1 aromatic heterocycles. The Bertz CT molecular complexity index is 449. The zero-order chi connectivity index (χ0) is 14.0. The molecule has 2 nitrogen and oxygen atoms in total. The van der Waals surface area contributed by atoms with Gasteiger partial charge in [0, 0.05) is 24.0 Å². The molecule has 106 valence electrons. The number of nitrogens with one attached hydrogen (secondary N) is 1. The molecule has 0 saturated heterocycles. The third kappa shape index (κ3) is 4.54. The molecule has 1 aromatic rings. The van der Waals surface area contributed by atoms with Crippen molar-refractivity contribution in [2.45, 2.75) is 42.3 Å². The number of pyridine rings is 1. The first kappa shape index (κ1) is 14.9. The highest BCUT2D eigenvalue weighted by Crippen LogP contribution is 2.34. The van der Waals surface area contributed by atoms with Gasteiger partial charge in [-0.1, -0.05) is 18.5 Å². The van der Waals surface area contributed by atoms with Crippen molar-refractivity contribution < 1.29 is 13.2 Å². The van der Waals surface area contributed by atoms with Crippen LogP contribution in [0.15, 0.2) is 17.3 Å². The van der Waals surface area contributed by atoms with Gasteiger partial charge in [0.2, 0.25) is 0 Å². The van der Waals surface area contributed by atoms with E-state index in [2.05, 4.69) is 10.3 Å². The largest absolute Gasteiger partial charge is 0.417 e. The van der Waals surface area contributed by atoms with Crippen molar-refractivity contribution in [2.75, 3.05) is 6.54 Å². The molecule has 1 atom stereocenters. The quantitative estimate of drug-likeness (QED) is 0.833. The predicted octanol–water partition coefficient (Wildman–Crippen LogP) is 3.99. The van der Waals surface area contributed by atoms with Crippen LogP contribution >= 0.6 is 23.4 Å². The van der Waals surface area contributed by atoms with E-state index in [1.807, 2.05) is 6.92 Å². The van der Waals surface area contributed by atoms with Crippen LogP contribution in [-0.2, 0) is 6.18 Å². The van der Waals surface area contributed by atoms with E-state index in [4.69, 9.17) is 11.6 Å². The first-order valence-electron chi connectivity index (χ1n) is 5.99. The Labute approximate surface area is 119 Å². The van der Waals surface area contributed by atoms with Crippen LogP contribution in [0.1, 0.15) is 25.3 Å². The maximum absolute atomic E-state index is 12.5. The summed E-state index contributed by atoms with van der Waals surface area (Å²) in [4.78, 5) is 3.81. The van der Waals surface area contributed by atoms with Gasteiger partial charge in [0.1, 0.15) is 5.03 Å². The number of alkyl halides is 3. The third-order valence-corrected chi connectivity index (χ3v) is 4.24. The molecule has 1 aliphatic carbocycles. The van der Waals surface area contributed by atoms with Crippen molar-refractivity contribution in [3.63, 3.8) is 0 Å². The van der Waals surface area contributed by atoms with Gasteiger partial charge in [0.15, 0.2) is 0 Å². The van der Waals surface area contributed by atoms with Crippen LogP contribution in [0.3, 0.4) is 0 Å². The maximum Gasteiger partial charge on any atom is 0.417 e. The lowest BCUT2D eigenvalue weighted by atomic mass is 10.3. The number of hydrogen-bond acceptors (Lipinski definition) is 3. The molecule has 1 heterocycles. The van der Waals surface area contributed by atoms with Gasteiger partial charge in [-0.3, -0.25) is 0 Å². The van der Waals surface area contributed by atoms with Gasteiger partial charge in [-0.05, 0) is 18.9 Å². The monoisotopic (exact) mass is 310 g/mol. The zero-order valence-corrected chi connectivity index (χ0v) is 11.9. The van der Waals surface area contributed by atoms with Crippen LogP contribution in [0.2, 0.25) is 5.02 Å². The summed E-state index contributed by atoms with van der Waals surface area (Å²) in [5.74, 6) is 0. The number of hydrogen-bond donors (Lipinski definition) is 1. The number of halogens is 4. The smallest absolute Gasteiger partial charge is 0.313 e. The van der Waals surface area contributed by atoms with Gasteiger partial charge in [-0.15, -0.1) is 11.8 Å². The van der Waals surface area contributed by atoms with Crippen molar-refractivity contribution in [3.8, 4) is 0 Å². The van der Waals surface area contributed by atoms with Crippen molar-refractivity contribution in [3.05, 3.63) is 22.8 Å². The molecule has 0 amide bonds. The minimum atomic E-state index is -4.40. The van der Waals surface area contributed by atoms with Crippen molar-refractivity contribution in [1.29, 1.82) is 0 Å². The van der Waals surface area contributed by atoms with Gasteiger partial charge in [0.25, 0.3) is 0 Å². The molecule has 0 aliphatic heterocycles. The third-order valence-electron chi connectivity index (χ3n) is 2.72. The fraction of sp³-hybridized carbons (Fsp3) is 0.583. The van der Waals surface area contributed by atoms with Crippen LogP contribution in [-0.4, -0.2) is 22.8 Å². The second-order valence-corrected chi connectivity index (χ2v) is 6.45. The summed E-state index contributed by atoms with van der Waals surface area (Å²) in [7, 11) is 0. The van der Waals surface area contributed by atoms with E-state index < -0.39 is 11.7 Å². The second kappa shape index (κ2) is 5.89. The lowest BCUT2D eigenvalue weighted by Crippen LogP contribution is -2.24. The molecule has 0 aromatic carbocycles. The lowest BCUT2D eigenvalue weighted by molar-refractivity contribution is -0.137. The normalized spacial score (nSPS) is 17.5. The van der Waals surface area contributed by atoms with Crippen LogP contribution in [0.25, 0.3) is 0 Å². The summed E-state index contributed by atoms with van der Waals surface area (Å²) >= 11 is 7.24. The van der Waals surface area contributed by atoms with Gasteiger partial charge in [-0.25, -0.2) is 4.98 Å². The van der Waals surface area contributed by atoms with Crippen LogP contribution in [0.4, 0.5) is 13.2 Å². The summed E-state index contributed by atoms with van der Waals surface area (Å²) < 4.78 is 37.4. The highest BCUT2D eigenvalue weighted by molar-refractivity contribution is 8.00. The zero-order valence-electron chi connectivity index (χ0n) is 10.3. The molecule has 0 radical (unpaired) electrons. The molecule has 0 bridgehead atoms. The van der Waals surface area contributed by atoms with Crippen LogP contribution in [0.5, 0.6) is 0 Å². The molecule has 1 unspecified atom stereocenters. The second-order valence-electron chi connectivity index (χ2n) is 4.62. The molecule has 0 spiro atoms. The Hall–Kier alpha value is -0.460. The van der Waals surface area contributed by atoms with E-state index in [0.29, 0.717) is 11.1 Å². The Kier molecular flexibility index (Phi) is 4.63. The Morgan fingerprint density at radius 3 is 2.74 bits per heavy atom. The molecule has 1 saturated carbocycles. The van der Waals surface area contributed by atoms with E-state index in [-0.39, 0.29) is 10.3 Å². The number of aromatic nitrogens is 1. The molecule has 2 rings (SSSR count). The maximum atomic E-state index is 12.5. The van der Waals surface area contributed by atoms with Crippen molar-refractivity contribution >= 4 is 23.4 Å². The number of nitrogens with zero attached hydrogens (tertiary/aromatic N) is 1. The summed E-state index contributed by atoms with van der Waals surface area (Å²) in [5, 5.41) is 4.07. The van der Waals surface area contributed by atoms with E-state index >= 15 is 0 Å². The van der Waals surface area contributed by atoms with Crippen LogP contribution in [0, 0.1) is 0 Å². The fourth-order valence-electron chi connectivity index (χ4n) is 1.52. The first-order chi connectivity index (χ1) is 8.86. The molecule has 1 fully saturated rings. The van der Waals surface area contributed by atoms with Gasteiger partial charge < -0.3 is 5.32 Å². The first-order valence-corrected chi connectivity index (χ1v) is 7.25.